The van der Waals surface area contributed by atoms with Crippen molar-refractivity contribution < 1.29 is 10.2 Å². The van der Waals surface area contributed by atoms with Crippen LogP contribution in [0.2, 0.25) is 0 Å². The summed E-state index contributed by atoms with van der Waals surface area (Å²) in [5, 5.41) is 23.1. The van der Waals surface area contributed by atoms with Gasteiger partial charge < -0.3 is 10.2 Å². The largest absolute Gasteiger partial charge is 0.385 e. The molecule has 0 radical (unpaired) electrons. The molecule has 2 N–H and O–H groups in total. The number of hydrogen-bond acceptors (Lipinski definition) is 2. The van der Waals surface area contributed by atoms with Crippen molar-refractivity contribution in [1.29, 1.82) is 0 Å². The van der Waals surface area contributed by atoms with Gasteiger partial charge in [-0.1, -0.05) is 42.5 Å². The maximum absolute atomic E-state index is 10.5. The molecule has 2 nitrogen and oxygen atoms in total. The molecule has 3 aromatic rings. The summed E-state index contributed by atoms with van der Waals surface area (Å²) in [7, 11) is 0. The predicted molar refractivity (Wildman–Crippen MR) is 84.0 cm³/mol. The number of aliphatic hydroxyl groups is 2. The van der Waals surface area contributed by atoms with Crippen LogP contribution in [-0.4, -0.2) is 10.2 Å². The van der Waals surface area contributed by atoms with Crippen LogP contribution in [0.1, 0.15) is 28.9 Å². The maximum atomic E-state index is 10.5. The van der Waals surface area contributed by atoms with Crippen LogP contribution < -0.4 is 0 Å². The van der Waals surface area contributed by atoms with Gasteiger partial charge in [0.15, 0.2) is 0 Å². The van der Waals surface area contributed by atoms with E-state index < -0.39 is 12.2 Å². The van der Waals surface area contributed by atoms with Crippen molar-refractivity contribution in [3.8, 4) is 11.1 Å². The van der Waals surface area contributed by atoms with Gasteiger partial charge in [0.1, 0.15) is 12.2 Å². The summed E-state index contributed by atoms with van der Waals surface area (Å²) in [6.45, 7) is 2.09. The maximum Gasteiger partial charge on any atom is 0.110 e. The van der Waals surface area contributed by atoms with Gasteiger partial charge in [0.2, 0.25) is 0 Å². The topological polar surface area (TPSA) is 40.5 Å². The number of aryl methyl sites for hydroxylation is 1. The molecule has 21 heavy (non-hydrogen) atoms. The van der Waals surface area contributed by atoms with Crippen LogP contribution in [0.4, 0.5) is 0 Å². The summed E-state index contributed by atoms with van der Waals surface area (Å²) in [6, 6.07) is 18.0. The van der Waals surface area contributed by atoms with Crippen LogP contribution in [0.5, 0.6) is 0 Å². The van der Waals surface area contributed by atoms with Crippen molar-refractivity contribution in [2.24, 2.45) is 0 Å². The zero-order valence-electron chi connectivity index (χ0n) is 11.7. The van der Waals surface area contributed by atoms with Gasteiger partial charge in [-0.15, -0.1) is 0 Å². The second kappa shape index (κ2) is 4.42. The van der Waals surface area contributed by atoms with Gasteiger partial charge in [0, 0.05) is 0 Å². The molecular weight excluding hydrogens is 260 g/mol. The van der Waals surface area contributed by atoms with Crippen LogP contribution in [-0.2, 0) is 0 Å². The first-order chi connectivity index (χ1) is 10.2. The molecule has 0 heterocycles. The van der Waals surface area contributed by atoms with Gasteiger partial charge >= 0.3 is 0 Å². The summed E-state index contributed by atoms with van der Waals surface area (Å²) in [5.74, 6) is 0. The van der Waals surface area contributed by atoms with E-state index in [-0.39, 0.29) is 0 Å². The lowest BCUT2D eigenvalue weighted by molar-refractivity contribution is 0.0159. The highest BCUT2D eigenvalue weighted by Gasteiger charge is 2.31. The van der Waals surface area contributed by atoms with E-state index in [0.717, 1.165) is 27.6 Å². The number of fused-ring (bicyclic) bond motifs is 4. The molecule has 1 aliphatic carbocycles. The average Bonchev–Trinajstić information content (AvgIpc) is 2.52. The monoisotopic (exact) mass is 276 g/mol. The molecule has 4 rings (SSSR count). The Hall–Kier alpha value is -2.16. The van der Waals surface area contributed by atoms with E-state index in [1.165, 1.54) is 10.9 Å². The molecule has 2 atom stereocenters. The second-order valence-electron chi connectivity index (χ2n) is 5.71. The van der Waals surface area contributed by atoms with Crippen LogP contribution in [0, 0.1) is 6.92 Å². The van der Waals surface area contributed by atoms with E-state index in [1.807, 2.05) is 42.5 Å². The predicted octanol–water partition coefficient (Wildman–Crippen LogP) is 3.90. The lowest BCUT2D eigenvalue weighted by Gasteiger charge is -2.29. The van der Waals surface area contributed by atoms with Crippen LogP contribution in [0.3, 0.4) is 0 Å². The normalized spacial score (nSPS) is 20.1. The van der Waals surface area contributed by atoms with Gasteiger partial charge in [-0.25, -0.2) is 0 Å². The molecule has 2 heteroatoms. The van der Waals surface area contributed by atoms with Gasteiger partial charge in [-0.3, -0.25) is 0 Å². The number of rotatable bonds is 0. The van der Waals surface area contributed by atoms with E-state index >= 15 is 0 Å². The second-order valence-corrected chi connectivity index (χ2v) is 5.71. The Bertz CT molecular complexity index is 851. The van der Waals surface area contributed by atoms with Crippen LogP contribution in [0.25, 0.3) is 21.9 Å². The van der Waals surface area contributed by atoms with E-state index in [9.17, 15) is 10.2 Å². The van der Waals surface area contributed by atoms with Crippen molar-refractivity contribution in [3.05, 3.63) is 71.3 Å². The Morgan fingerprint density at radius 1 is 0.762 bits per heavy atom. The van der Waals surface area contributed by atoms with E-state index in [2.05, 4.69) is 19.1 Å². The molecule has 0 aromatic heterocycles. The Balaban J connectivity index is 2.11. The number of hydrogen-bond donors (Lipinski definition) is 2. The molecule has 104 valence electrons. The average molecular weight is 276 g/mol. The highest BCUT2D eigenvalue weighted by Crippen LogP contribution is 2.45. The third-order valence-corrected chi connectivity index (χ3v) is 4.46. The number of benzene rings is 3. The quantitative estimate of drug-likeness (QED) is 0.654. The van der Waals surface area contributed by atoms with Crippen molar-refractivity contribution >= 4 is 10.8 Å². The minimum absolute atomic E-state index is 0.797. The van der Waals surface area contributed by atoms with Crippen molar-refractivity contribution in [3.63, 3.8) is 0 Å². The Kier molecular flexibility index (Phi) is 2.64. The lowest BCUT2D eigenvalue weighted by atomic mass is 9.80. The Morgan fingerprint density at radius 2 is 1.52 bits per heavy atom. The fourth-order valence-electron chi connectivity index (χ4n) is 3.32. The fourth-order valence-corrected chi connectivity index (χ4v) is 3.32. The van der Waals surface area contributed by atoms with E-state index in [4.69, 9.17) is 0 Å². The molecular formula is C19H16O2. The standard InChI is InChI=1S/C19H16O2/c1-11-5-4-6-12-9-17-16(10-15(11)12)13-7-2-3-8-14(13)18(20)19(17)21/h2-10,18-21H,1H3. The molecule has 0 aliphatic heterocycles. The van der Waals surface area contributed by atoms with Gasteiger partial charge in [0.05, 0.1) is 0 Å². The first kappa shape index (κ1) is 12.6. The molecule has 3 aromatic carbocycles. The van der Waals surface area contributed by atoms with Crippen LogP contribution >= 0.6 is 0 Å². The van der Waals surface area contributed by atoms with E-state index in [0.29, 0.717) is 0 Å². The summed E-state index contributed by atoms with van der Waals surface area (Å²) < 4.78 is 0. The molecule has 0 saturated heterocycles. The summed E-state index contributed by atoms with van der Waals surface area (Å²) >= 11 is 0. The smallest absolute Gasteiger partial charge is 0.110 e. The minimum Gasteiger partial charge on any atom is -0.385 e. The molecule has 0 fully saturated rings. The summed E-state index contributed by atoms with van der Waals surface area (Å²) in [4.78, 5) is 0. The molecule has 0 spiro atoms. The van der Waals surface area contributed by atoms with Crippen molar-refractivity contribution in [2.75, 3.05) is 0 Å². The van der Waals surface area contributed by atoms with Gasteiger partial charge in [0.25, 0.3) is 0 Å². The minimum atomic E-state index is -0.875. The third kappa shape index (κ3) is 1.73. The zero-order chi connectivity index (χ0) is 14.6. The van der Waals surface area contributed by atoms with Gasteiger partial charge in [-0.2, -0.15) is 0 Å². The molecule has 2 unspecified atom stereocenters. The van der Waals surface area contributed by atoms with Crippen LogP contribution in [0.15, 0.2) is 54.6 Å². The Labute approximate surface area is 123 Å². The molecule has 0 saturated carbocycles. The highest BCUT2D eigenvalue weighted by molar-refractivity contribution is 5.92. The van der Waals surface area contributed by atoms with Crippen molar-refractivity contribution in [1.82, 2.24) is 0 Å². The number of aliphatic hydroxyl groups excluding tert-OH is 2. The molecule has 0 bridgehead atoms. The fraction of sp³-hybridized carbons (Fsp3) is 0.158. The molecule has 1 aliphatic rings. The SMILES string of the molecule is Cc1cccc2cc3c(cc12)-c1ccccc1C(O)C3O. The van der Waals surface area contributed by atoms with Crippen molar-refractivity contribution in [2.45, 2.75) is 19.1 Å². The third-order valence-electron chi connectivity index (χ3n) is 4.46. The molecule has 0 amide bonds. The highest BCUT2D eigenvalue weighted by atomic mass is 16.3. The van der Waals surface area contributed by atoms with Gasteiger partial charge in [-0.05, 0) is 57.6 Å². The zero-order valence-corrected chi connectivity index (χ0v) is 11.7. The van der Waals surface area contributed by atoms with E-state index in [1.54, 1.807) is 0 Å². The summed E-state index contributed by atoms with van der Waals surface area (Å²) in [6.07, 6.45) is -1.74. The Morgan fingerprint density at radius 3 is 2.38 bits per heavy atom. The first-order valence-electron chi connectivity index (χ1n) is 7.15. The first-order valence-corrected chi connectivity index (χ1v) is 7.15. The summed E-state index contributed by atoms with van der Waals surface area (Å²) in [5.41, 5.74) is 4.85. The lowest BCUT2D eigenvalue weighted by Crippen LogP contribution is -2.17.